The Morgan fingerprint density at radius 2 is 1.81 bits per heavy atom. The number of carbonyl (C=O) groups is 2. The van der Waals surface area contributed by atoms with Gasteiger partial charge in [0.15, 0.2) is 11.3 Å². The lowest BCUT2D eigenvalue weighted by Crippen LogP contribution is -2.55. The van der Waals surface area contributed by atoms with Crippen LogP contribution in [0.4, 0.5) is 23.7 Å². The SMILES string of the molecule is COc1ccc(-c2nc3c(C(=O)N4CCN(C(CO)c5cccc(NC(=O)OC(C)(C)C)c5)C[C@H]4C)cnn3c(C(F)(F)F)c2C)cc1. The van der Waals surface area contributed by atoms with Crippen molar-refractivity contribution in [3.63, 3.8) is 0 Å². The molecule has 0 aliphatic carbocycles. The molecule has 0 radical (unpaired) electrons. The van der Waals surface area contributed by atoms with Crippen molar-refractivity contribution < 1.29 is 37.3 Å². The predicted octanol–water partition coefficient (Wildman–Crippen LogP) is 5.96. The van der Waals surface area contributed by atoms with Crippen LogP contribution in [-0.4, -0.2) is 86.5 Å². The number of benzene rings is 2. The van der Waals surface area contributed by atoms with E-state index in [0.29, 0.717) is 34.6 Å². The van der Waals surface area contributed by atoms with Crippen LogP contribution in [0, 0.1) is 6.92 Å². The molecule has 1 fully saturated rings. The Morgan fingerprint density at radius 1 is 1.10 bits per heavy atom. The number of carbonyl (C=O) groups excluding carboxylic acids is 2. The molecule has 14 heteroatoms. The highest BCUT2D eigenvalue weighted by molar-refractivity contribution is 6.00. The van der Waals surface area contributed by atoms with Crippen molar-refractivity contribution in [2.45, 2.75) is 58.5 Å². The highest BCUT2D eigenvalue weighted by atomic mass is 19.4. The van der Waals surface area contributed by atoms with Gasteiger partial charge in [0, 0.05) is 42.5 Å². The van der Waals surface area contributed by atoms with E-state index >= 15 is 0 Å². The smallest absolute Gasteiger partial charge is 0.433 e. The van der Waals surface area contributed by atoms with Crippen molar-refractivity contribution in [1.29, 1.82) is 0 Å². The fraction of sp³-hybridized carbons (Fsp3) is 0.412. The van der Waals surface area contributed by atoms with Crippen molar-refractivity contribution in [2.24, 2.45) is 0 Å². The molecular weight excluding hydrogens is 629 g/mol. The molecule has 1 saturated heterocycles. The zero-order valence-corrected chi connectivity index (χ0v) is 27.6. The number of alkyl halides is 3. The van der Waals surface area contributed by atoms with Gasteiger partial charge in [-0.25, -0.2) is 14.3 Å². The van der Waals surface area contributed by atoms with Gasteiger partial charge in [0.25, 0.3) is 5.91 Å². The lowest BCUT2D eigenvalue weighted by Gasteiger charge is -2.43. The summed E-state index contributed by atoms with van der Waals surface area (Å²) in [6.45, 7) is 9.25. The number of aromatic nitrogens is 3. The molecule has 2 atom stereocenters. The number of amides is 2. The number of nitrogens with zero attached hydrogens (tertiary/aromatic N) is 5. The predicted molar refractivity (Wildman–Crippen MR) is 173 cm³/mol. The Kier molecular flexibility index (Phi) is 9.70. The average molecular weight is 669 g/mol. The van der Waals surface area contributed by atoms with E-state index in [2.05, 4.69) is 15.4 Å². The summed E-state index contributed by atoms with van der Waals surface area (Å²) < 4.78 is 54.4. The third kappa shape index (κ3) is 7.24. The van der Waals surface area contributed by atoms with E-state index in [1.54, 1.807) is 68.1 Å². The fourth-order valence-corrected chi connectivity index (χ4v) is 5.99. The van der Waals surface area contributed by atoms with Gasteiger partial charge in [0.2, 0.25) is 0 Å². The van der Waals surface area contributed by atoms with Crippen LogP contribution in [0.5, 0.6) is 5.75 Å². The van der Waals surface area contributed by atoms with Crippen molar-refractivity contribution in [3.8, 4) is 17.0 Å². The number of methoxy groups -OCH3 is 1. The maximum atomic E-state index is 14.4. The van der Waals surface area contributed by atoms with Gasteiger partial charge >= 0.3 is 12.3 Å². The lowest BCUT2D eigenvalue weighted by molar-refractivity contribution is -0.143. The number of rotatable bonds is 7. The van der Waals surface area contributed by atoms with E-state index in [1.165, 1.54) is 14.0 Å². The summed E-state index contributed by atoms with van der Waals surface area (Å²) in [6.07, 6.45) is -4.23. The normalized spacial score (nSPS) is 16.5. The summed E-state index contributed by atoms with van der Waals surface area (Å²) >= 11 is 0. The van der Waals surface area contributed by atoms with Crippen LogP contribution in [-0.2, 0) is 10.9 Å². The minimum atomic E-state index is -4.77. The van der Waals surface area contributed by atoms with Gasteiger partial charge in [-0.05, 0) is 76.6 Å². The first-order chi connectivity index (χ1) is 22.6. The molecule has 48 heavy (non-hydrogen) atoms. The van der Waals surface area contributed by atoms with Crippen LogP contribution in [0.25, 0.3) is 16.9 Å². The second-order valence-corrected chi connectivity index (χ2v) is 12.7. The Morgan fingerprint density at radius 3 is 2.42 bits per heavy atom. The summed E-state index contributed by atoms with van der Waals surface area (Å²) in [5, 5.41) is 17.1. The van der Waals surface area contributed by atoms with E-state index in [-0.39, 0.29) is 41.7 Å². The van der Waals surface area contributed by atoms with Crippen LogP contribution >= 0.6 is 0 Å². The third-order valence-corrected chi connectivity index (χ3v) is 8.20. The number of fused-ring (bicyclic) bond motifs is 1. The molecule has 2 aromatic heterocycles. The molecule has 256 valence electrons. The number of halogens is 3. The molecule has 2 N–H and O–H groups in total. The van der Waals surface area contributed by atoms with E-state index in [9.17, 15) is 27.9 Å². The zero-order valence-electron chi connectivity index (χ0n) is 27.6. The first kappa shape index (κ1) is 34.6. The van der Waals surface area contributed by atoms with Crippen molar-refractivity contribution >= 4 is 23.3 Å². The van der Waals surface area contributed by atoms with Crippen molar-refractivity contribution in [1.82, 2.24) is 24.4 Å². The Hall–Kier alpha value is -4.69. The van der Waals surface area contributed by atoms with Gasteiger partial charge in [-0.1, -0.05) is 12.1 Å². The van der Waals surface area contributed by atoms with Gasteiger partial charge in [-0.3, -0.25) is 15.0 Å². The number of nitrogens with one attached hydrogen (secondary N) is 1. The standard InChI is InChI=1S/C34H39F3N6O5/c1-20-18-41(27(19-44)23-8-7-9-24(16-23)39-32(46)48-33(3,4)5)14-15-42(20)31(45)26-17-38-43-29(34(35,36)37)21(2)28(40-30(26)43)22-10-12-25(47-6)13-11-22/h7-13,16-17,20,27,44H,14-15,18-19H2,1-6H3,(H,39,46)/t20-,27?/m1/s1. The minimum absolute atomic E-state index is 0.0461. The Labute approximate surface area is 276 Å². The van der Waals surface area contributed by atoms with Gasteiger partial charge in [0.1, 0.15) is 16.9 Å². The van der Waals surface area contributed by atoms with E-state index < -0.39 is 35.5 Å². The Bertz CT molecular complexity index is 1800. The molecular formula is C34H39F3N6O5. The molecule has 4 aromatic rings. The van der Waals surface area contributed by atoms with E-state index in [4.69, 9.17) is 9.47 Å². The fourth-order valence-electron chi connectivity index (χ4n) is 5.99. The largest absolute Gasteiger partial charge is 0.497 e. The summed E-state index contributed by atoms with van der Waals surface area (Å²) in [5.74, 6) is 0.0434. The number of hydrogen-bond donors (Lipinski definition) is 2. The van der Waals surface area contributed by atoms with Crippen LogP contribution in [0.15, 0.2) is 54.7 Å². The second-order valence-electron chi connectivity index (χ2n) is 12.7. The average Bonchev–Trinajstić information content (AvgIpc) is 3.42. The summed E-state index contributed by atoms with van der Waals surface area (Å²) in [6, 6.07) is 12.8. The molecule has 2 aromatic carbocycles. The number of hydrogen-bond acceptors (Lipinski definition) is 8. The molecule has 11 nitrogen and oxygen atoms in total. The Balaban J connectivity index is 1.39. The summed E-state index contributed by atoms with van der Waals surface area (Å²) in [5.41, 5.74) is -0.260. The maximum absolute atomic E-state index is 14.4. The molecule has 0 saturated carbocycles. The van der Waals surface area contributed by atoms with E-state index in [1.807, 2.05) is 17.9 Å². The third-order valence-electron chi connectivity index (χ3n) is 8.20. The van der Waals surface area contributed by atoms with E-state index in [0.717, 1.165) is 11.8 Å². The van der Waals surface area contributed by atoms with Crippen LogP contribution < -0.4 is 10.1 Å². The number of piperazine rings is 1. The highest BCUT2D eigenvalue weighted by Crippen LogP contribution is 2.37. The summed E-state index contributed by atoms with van der Waals surface area (Å²) in [7, 11) is 1.49. The monoisotopic (exact) mass is 668 g/mol. The number of aliphatic hydroxyl groups excluding tert-OH is 1. The first-order valence-corrected chi connectivity index (χ1v) is 15.5. The molecule has 5 rings (SSSR count). The number of aliphatic hydroxyl groups is 1. The minimum Gasteiger partial charge on any atom is -0.497 e. The van der Waals surface area contributed by atoms with Crippen LogP contribution in [0.3, 0.4) is 0 Å². The number of ether oxygens (including phenoxy) is 2. The number of anilines is 1. The van der Waals surface area contributed by atoms with Gasteiger partial charge in [0.05, 0.1) is 31.6 Å². The molecule has 2 amide bonds. The second kappa shape index (κ2) is 13.4. The molecule has 0 bridgehead atoms. The topological polar surface area (TPSA) is 122 Å². The zero-order chi connectivity index (χ0) is 35.0. The summed E-state index contributed by atoms with van der Waals surface area (Å²) in [4.78, 5) is 34.4. The van der Waals surface area contributed by atoms with Crippen molar-refractivity contribution in [2.75, 3.05) is 38.7 Å². The molecule has 1 aliphatic heterocycles. The quantitative estimate of drug-likeness (QED) is 0.248. The van der Waals surface area contributed by atoms with Gasteiger partial charge in [-0.15, -0.1) is 0 Å². The lowest BCUT2D eigenvalue weighted by atomic mass is 10.0. The highest BCUT2D eigenvalue weighted by Gasteiger charge is 2.40. The molecule has 1 unspecified atom stereocenters. The van der Waals surface area contributed by atoms with Crippen molar-refractivity contribution in [3.05, 3.63) is 77.1 Å². The van der Waals surface area contributed by atoms with Crippen LogP contribution in [0.1, 0.15) is 60.9 Å². The molecule has 3 heterocycles. The first-order valence-electron chi connectivity index (χ1n) is 15.5. The van der Waals surface area contributed by atoms with Gasteiger partial charge < -0.3 is 19.5 Å². The van der Waals surface area contributed by atoms with Gasteiger partial charge in [-0.2, -0.15) is 18.3 Å². The van der Waals surface area contributed by atoms with Crippen LogP contribution in [0.2, 0.25) is 0 Å². The maximum Gasteiger partial charge on any atom is 0.433 e. The molecule has 0 spiro atoms. The molecule has 1 aliphatic rings.